The quantitative estimate of drug-likeness (QED) is 0.270. The number of benzene rings is 1. The van der Waals surface area contributed by atoms with Gasteiger partial charge in [-0.05, 0) is 38.3 Å². The lowest BCUT2D eigenvalue weighted by atomic mass is 10.2. The molecule has 1 N–H and O–H groups in total. The molecule has 0 bridgehead atoms. The molecule has 0 amide bonds. The van der Waals surface area contributed by atoms with E-state index in [1.165, 1.54) is 21.9 Å². The Balaban J connectivity index is 0.00000243. The first-order valence-electron chi connectivity index (χ1n) is 8.87. The average molecular weight is 502 g/mol. The molecule has 142 valence electrons. The number of rotatable bonds is 6. The molecule has 2 heterocycles. The standard InChI is InChI=1S/C19H26N4S2.HI/c1-3-20-19(22-12-18-21-11-15(2)25-18)23-10-9-16(13-23)14-24-17-7-5-4-6-8-17;/h4-8,11,16H,3,9-10,12-14H2,1-2H3,(H,20,22);1H. The first kappa shape index (κ1) is 21.5. The first-order valence-corrected chi connectivity index (χ1v) is 10.7. The van der Waals surface area contributed by atoms with Crippen molar-refractivity contribution < 1.29 is 0 Å². The van der Waals surface area contributed by atoms with Crippen molar-refractivity contribution >= 4 is 53.0 Å². The molecule has 1 saturated heterocycles. The summed E-state index contributed by atoms with van der Waals surface area (Å²) >= 11 is 3.69. The first-order chi connectivity index (χ1) is 12.2. The fraction of sp³-hybridized carbons (Fsp3) is 0.474. The van der Waals surface area contributed by atoms with E-state index in [0.29, 0.717) is 6.54 Å². The van der Waals surface area contributed by atoms with Crippen molar-refractivity contribution in [3.63, 3.8) is 0 Å². The Labute approximate surface area is 181 Å². The third-order valence-electron chi connectivity index (χ3n) is 4.18. The van der Waals surface area contributed by atoms with E-state index in [0.717, 1.165) is 36.5 Å². The Morgan fingerprint density at radius 3 is 2.88 bits per heavy atom. The van der Waals surface area contributed by atoms with Crippen LogP contribution in [0.3, 0.4) is 0 Å². The number of likely N-dealkylation sites (tertiary alicyclic amines) is 1. The molecule has 0 saturated carbocycles. The molecule has 26 heavy (non-hydrogen) atoms. The van der Waals surface area contributed by atoms with Gasteiger partial charge in [0.2, 0.25) is 0 Å². The summed E-state index contributed by atoms with van der Waals surface area (Å²) in [5, 5.41) is 4.53. The second kappa shape index (κ2) is 11.1. The summed E-state index contributed by atoms with van der Waals surface area (Å²) in [5.74, 6) is 2.92. The number of halogens is 1. The molecule has 0 radical (unpaired) electrons. The minimum atomic E-state index is 0. The highest BCUT2D eigenvalue weighted by atomic mass is 127. The minimum Gasteiger partial charge on any atom is -0.357 e. The van der Waals surface area contributed by atoms with Crippen LogP contribution in [-0.2, 0) is 6.54 Å². The highest BCUT2D eigenvalue weighted by Crippen LogP contribution is 2.26. The molecule has 0 aliphatic carbocycles. The summed E-state index contributed by atoms with van der Waals surface area (Å²) in [5.41, 5.74) is 0. The summed E-state index contributed by atoms with van der Waals surface area (Å²) in [6, 6.07) is 10.7. The third kappa shape index (κ3) is 6.42. The molecule has 1 atom stereocenters. The van der Waals surface area contributed by atoms with Crippen LogP contribution in [0.1, 0.15) is 23.2 Å². The lowest BCUT2D eigenvalue weighted by Crippen LogP contribution is -2.40. The molecule has 1 aliphatic rings. The van der Waals surface area contributed by atoms with E-state index in [9.17, 15) is 0 Å². The number of hydrogen-bond donors (Lipinski definition) is 1. The van der Waals surface area contributed by atoms with Crippen LogP contribution in [0.25, 0.3) is 0 Å². The van der Waals surface area contributed by atoms with Crippen LogP contribution in [0.4, 0.5) is 0 Å². The van der Waals surface area contributed by atoms with E-state index < -0.39 is 0 Å². The molecule has 1 aliphatic heterocycles. The number of nitrogens with one attached hydrogen (secondary N) is 1. The summed E-state index contributed by atoms with van der Waals surface area (Å²) in [7, 11) is 0. The van der Waals surface area contributed by atoms with E-state index in [-0.39, 0.29) is 24.0 Å². The number of thioether (sulfide) groups is 1. The monoisotopic (exact) mass is 502 g/mol. The lowest BCUT2D eigenvalue weighted by molar-refractivity contribution is 0.474. The van der Waals surface area contributed by atoms with E-state index in [1.807, 2.05) is 18.0 Å². The molecular formula is C19H27IN4S2. The second-order valence-electron chi connectivity index (χ2n) is 6.26. The number of thiazole rings is 1. The van der Waals surface area contributed by atoms with Crippen molar-refractivity contribution in [2.45, 2.75) is 31.7 Å². The molecule has 1 aromatic heterocycles. The van der Waals surface area contributed by atoms with Gasteiger partial charge in [-0.15, -0.1) is 47.1 Å². The third-order valence-corrected chi connectivity index (χ3v) is 6.32. The molecule has 4 nitrogen and oxygen atoms in total. The van der Waals surface area contributed by atoms with Crippen LogP contribution in [0, 0.1) is 12.8 Å². The maximum Gasteiger partial charge on any atom is 0.194 e. The zero-order valence-corrected chi connectivity index (χ0v) is 19.3. The highest BCUT2D eigenvalue weighted by molar-refractivity contribution is 14.0. The number of nitrogens with zero attached hydrogens (tertiary/aromatic N) is 3. The molecule has 1 fully saturated rings. The van der Waals surface area contributed by atoms with Crippen molar-refractivity contribution in [1.29, 1.82) is 0 Å². The highest BCUT2D eigenvalue weighted by Gasteiger charge is 2.24. The van der Waals surface area contributed by atoms with Crippen molar-refractivity contribution in [2.75, 3.05) is 25.4 Å². The normalized spacial score (nSPS) is 17.2. The van der Waals surface area contributed by atoms with Crippen LogP contribution in [-0.4, -0.2) is 41.2 Å². The van der Waals surface area contributed by atoms with Gasteiger partial charge in [-0.1, -0.05) is 18.2 Å². The predicted octanol–water partition coefficient (Wildman–Crippen LogP) is 4.65. The Kier molecular flexibility index (Phi) is 9.21. The fourth-order valence-electron chi connectivity index (χ4n) is 2.93. The topological polar surface area (TPSA) is 40.5 Å². The Morgan fingerprint density at radius 1 is 1.38 bits per heavy atom. The number of aryl methyl sites for hydroxylation is 1. The number of hydrogen-bond acceptors (Lipinski definition) is 4. The van der Waals surface area contributed by atoms with E-state index >= 15 is 0 Å². The maximum absolute atomic E-state index is 4.80. The van der Waals surface area contributed by atoms with Crippen LogP contribution in [0.2, 0.25) is 0 Å². The molecular weight excluding hydrogens is 475 g/mol. The SMILES string of the molecule is CCNC(=NCc1ncc(C)s1)N1CCC(CSc2ccccc2)C1.I. The van der Waals surface area contributed by atoms with E-state index in [1.54, 1.807) is 11.3 Å². The largest absolute Gasteiger partial charge is 0.357 e. The summed E-state index contributed by atoms with van der Waals surface area (Å²) < 4.78 is 0. The van der Waals surface area contributed by atoms with Gasteiger partial charge in [-0.3, -0.25) is 0 Å². The number of aromatic nitrogens is 1. The number of aliphatic imine (C=N–C) groups is 1. The Morgan fingerprint density at radius 2 is 2.19 bits per heavy atom. The molecule has 3 rings (SSSR count). The van der Waals surface area contributed by atoms with Crippen LogP contribution < -0.4 is 5.32 Å². The van der Waals surface area contributed by atoms with Gasteiger partial charge in [0, 0.05) is 41.4 Å². The predicted molar refractivity (Wildman–Crippen MR) is 124 cm³/mol. The zero-order chi connectivity index (χ0) is 17.5. The van der Waals surface area contributed by atoms with Crippen molar-refractivity contribution in [2.24, 2.45) is 10.9 Å². The van der Waals surface area contributed by atoms with Gasteiger partial charge < -0.3 is 10.2 Å². The average Bonchev–Trinajstić information content (AvgIpc) is 3.27. The van der Waals surface area contributed by atoms with Gasteiger partial charge in [0.25, 0.3) is 0 Å². The van der Waals surface area contributed by atoms with E-state index in [4.69, 9.17) is 4.99 Å². The minimum absolute atomic E-state index is 0. The van der Waals surface area contributed by atoms with Gasteiger partial charge in [-0.25, -0.2) is 9.98 Å². The van der Waals surface area contributed by atoms with Gasteiger partial charge >= 0.3 is 0 Å². The van der Waals surface area contributed by atoms with Crippen LogP contribution >= 0.6 is 47.1 Å². The molecule has 2 aromatic rings. The lowest BCUT2D eigenvalue weighted by Gasteiger charge is -2.21. The molecule has 7 heteroatoms. The van der Waals surface area contributed by atoms with Gasteiger partial charge in [0.15, 0.2) is 5.96 Å². The van der Waals surface area contributed by atoms with Gasteiger partial charge in [0.05, 0.1) is 6.54 Å². The Hall–Kier alpha value is -0.800. The summed E-state index contributed by atoms with van der Waals surface area (Å²) in [6.07, 6.45) is 3.16. The summed E-state index contributed by atoms with van der Waals surface area (Å²) in [4.78, 5) is 14.2. The molecule has 1 unspecified atom stereocenters. The fourth-order valence-corrected chi connectivity index (χ4v) is 4.70. The van der Waals surface area contributed by atoms with Crippen molar-refractivity contribution in [3.05, 3.63) is 46.4 Å². The molecule has 1 aromatic carbocycles. The van der Waals surface area contributed by atoms with Gasteiger partial charge in [-0.2, -0.15) is 0 Å². The second-order valence-corrected chi connectivity index (χ2v) is 8.67. The van der Waals surface area contributed by atoms with Crippen molar-refractivity contribution in [1.82, 2.24) is 15.2 Å². The van der Waals surface area contributed by atoms with Gasteiger partial charge in [0.1, 0.15) is 5.01 Å². The molecule has 0 spiro atoms. The maximum atomic E-state index is 4.80. The van der Waals surface area contributed by atoms with E-state index in [2.05, 4.69) is 59.4 Å². The van der Waals surface area contributed by atoms with Crippen LogP contribution in [0.15, 0.2) is 46.4 Å². The Bertz CT molecular complexity index is 690. The number of guanidine groups is 1. The van der Waals surface area contributed by atoms with Crippen LogP contribution in [0.5, 0.6) is 0 Å². The van der Waals surface area contributed by atoms with Crippen molar-refractivity contribution in [3.8, 4) is 0 Å². The summed E-state index contributed by atoms with van der Waals surface area (Å²) in [6.45, 7) is 7.95. The smallest absolute Gasteiger partial charge is 0.194 e. The zero-order valence-electron chi connectivity index (χ0n) is 15.4.